The second-order valence-electron chi connectivity index (χ2n) is 4.01. The van der Waals surface area contributed by atoms with Crippen molar-refractivity contribution in [2.45, 2.75) is 40.8 Å². The van der Waals surface area contributed by atoms with Gasteiger partial charge in [-0.15, -0.1) is 0 Å². The Bertz CT molecular complexity index is 477. The molecular weight excluding hydrogens is 252 g/mol. The lowest BCUT2D eigenvalue weighted by Crippen LogP contribution is -2.40. The van der Waals surface area contributed by atoms with Crippen molar-refractivity contribution >= 4 is 10.2 Å². The summed E-state index contributed by atoms with van der Waals surface area (Å²) >= 11 is 0. The van der Waals surface area contributed by atoms with Crippen molar-refractivity contribution in [2.75, 3.05) is 13.1 Å². The Morgan fingerprint density at radius 3 is 2.39 bits per heavy atom. The number of nitrogens with one attached hydrogen (secondary N) is 1. The second kappa shape index (κ2) is 6.31. The Kier molecular flexibility index (Phi) is 5.30. The van der Waals surface area contributed by atoms with Gasteiger partial charge in [0.2, 0.25) is 0 Å². The third kappa shape index (κ3) is 3.54. The SMILES string of the molecule is CCN(CC)S(=O)(=O)NCc1cn(CC)nc1C. The van der Waals surface area contributed by atoms with Gasteiger partial charge in [0.15, 0.2) is 0 Å². The largest absolute Gasteiger partial charge is 0.279 e. The van der Waals surface area contributed by atoms with Crippen LogP contribution < -0.4 is 4.72 Å². The van der Waals surface area contributed by atoms with Gasteiger partial charge in [-0.25, -0.2) is 0 Å². The predicted molar refractivity (Wildman–Crippen MR) is 71.3 cm³/mol. The molecule has 1 N–H and O–H groups in total. The minimum Gasteiger partial charge on any atom is -0.272 e. The molecule has 0 bridgehead atoms. The van der Waals surface area contributed by atoms with Crippen LogP contribution in [0.2, 0.25) is 0 Å². The Labute approximate surface area is 109 Å². The standard InChI is InChI=1S/C11H22N4O2S/c1-5-14-9-11(10(4)13-14)8-12-18(16,17)15(6-2)7-3/h9,12H,5-8H2,1-4H3. The van der Waals surface area contributed by atoms with Crippen molar-refractivity contribution in [2.24, 2.45) is 0 Å². The van der Waals surface area contributed by atoms with E-state index in [2.05, 4.69) is 9.82 Å². The van der Waals surface area contributed by atoms with Gasteiger partial charge in [-0.1, -0.05) is 13.8 Å². The number of hydrogen-bond acceptors (Lipinski definition) is 3. The number of aromatic nitrogens is 2. The summed E-state index contributed by atoms with van der Waals surface area (Å²) < 4.78 is 29.7. The number of hydrogen-bond donors (Lipinski definition) is 1. The molecule has 1 rings (SSSR count). The summed E-state index contributed by atoms with van der Waals surface area (Å²) in [5.41, 5.74) is 1.77. The first kappa shape index (κ1) is 15.1. The number of rotatable bonds is 7. The Balaban J connectivity index is 2.72. The Morgan fingerprint density at radius 2 is 1.94 bits per heavy atom. The topological polar surface area (TPSA) is 67.2 Å². The van der Waals surface area contributed by atoms with Gasteiger partial charge >= 0.3 is 0 Å². The van der Waals surface area contributed by atoms with Gasteiger partial charge in [0, 0.05) is 37.9 Å². The smallest absolute Gasteiger partial charge is 0.272 e. The maximum Gasteiger partial charge on any atom is 0.279 e. The summed E-state index contributed by atoms with van der Waals surface area (Å²) in [7, 11) is -3.39. The van der Waals surface area contributed by atoms with Gasteiger partial charge in [0.1, 0.15) is 0 Å². The number of aryl methyl sites for hydroxylation is 2. The molecule has 7 heteroatoms. The van der Waals surface area contributed by atoms with E-state index in [-0.39, 0.29) is 6.54 Å². The fraction of sp³-hybridized carbons (Fsp3) is 0.727. The van der Waals surface area contributed by atoms with Crippen LogP contribution in [-0.2, 0) is 23.3 Å². The van der Waals surface area contributed by atoms with Gasteiger partial charge in [-0.05, 0) is 13.8 Å². The first-order valence-corrected chi connectivity index (χ1v) is 7.66. The van der Waals surface area contributed by atoms with Gasteiger partial charge < -0.3 is 0 Å². The monoisotopic (exact) mass is 274 g/mol. The van der Waals surface area contributed by atoms with Crippen LogP contribution in [0.3, 0.4) is 0 Å². The van der Waals surface area contributed by atoms with Crippen LogP contribution in [-0.4, -0.2) is 35.6 Å². The molecule has 104 valence electrons. The van der Waals surface area contributed by atoms with Crippen molar-refractivity contribution in [3.63, 3.8) is 0 Å². The highest BCUT2D eigenvalue weighted by atomic mass is 32.2. The molecule has 1 aromatic rings. The Hall–Kier alpha value is -0.920. The molecule has 1 heterocycles. The van der Waals surface area contributed by atoms with Crippen molar-refractivity contribution in [1.29, 1.82) is 0 Å². The normalized spacial score (nSPS) is 12.3. The van der Waals surface area contributed by atoms with E-state index >= 15 is 0 Å². The fourth-order valence-electron chi connectivity index (χ4n) is 1.72. The van der Waals surface area contributed by atoms with Crippen LogP contribution in [0, 0.1) is 6.92 Å². The van der Waals surface area contributed by atoms with Crippen molar-refractivity contribution in [1.82, 2.24) is 18.8 Å². The van der Waals surface area contributed by atoms with Crippen LogP contribution in [0.15, 0.2) is 6.20 Å². The van der Waals surface area contributed by atoms with E-state index in [1.807, 2.05) is 33.9 Å². The third-order valence-corrected chi connectivity index (χ3v) is 4.57. The minimum absolute atomic E-state index is 0.282. The molecule has 0 unspecified atom stereocenters. The first-order chi connectivity index (χ1) is 8.44. The van der Waals surface area contributed by atoms with Crippen LogP contribution in [0.25, 0.3) is 0 Å². The molecule has 0 aliphatic carbocycles. The molecule has 6 nitrogen and oxygen atoms in total. The predicted octanol–water partition coefficient (Wildman–Crippen LogP) is 0.888. The molecule has 1 aromatic heterocycles. The molecule has 0 aromatic carbocycles. The van der Waals surface area contributed by atoms with E-state index < -0.39 is 10.2 Å². The van der Waals surface area contributed by atoms with Crippen LogP contribution in [0.4, 0.5) is 0 Å². The molecule has 0 atom stereocenters. The van der Waals surface area contributed by atoms with Gasteiger partial charge in [0.05, 0.1) is 5.69 Å². The van der Waals surface area contributed by atoms with E-state index in [9.17, 15) is 8.42 Å². The summed E-state index contributed by atoms with van der Waals surface area (Å²) in [6.45, 7) is 9.53. The average Bonchev–Trinajstić information content (AvgIpc) is 2.69. The summed E-state index contributed by atoms with van der Waals surface area (Å²) in [4.78, 5) is 0. The van der Waals surface area contributed by atoms with Crippen LogP contribution in [0.1, 0.15) is 32.0 Å². The fourth-order valence-corrected chi connectivity index (χ4v) is 2.92. The Morgan fingerprint density at radius 1 is 1.33 bits per heavy atom. The molecular formula is C11H22N4O2S. The lowest BCUT2D eigenvalue weighted by molar-refractivity contribution is 0.434. The number of nitrogens with zero attached hydrogens (tertiary/aromatic N) is 3. The summed E-state index contributed by atoms with van der Waals surface area (Å²) in [5.74, 6) is 0. The molecule has 0 aliphatic heterocycles. The molecule has 0 fully saturated rings. The maximum absolute atomic E-state index is 11.9. The minimum atomic E-state index is -3.39. The van der Waals surface area contributed by atoms with Gasteiger partial charge in [-0.2, -0.15) is 22.5 Å². The van der Waals surface area contributed by atoms with Crippen LogP contribution >= 0.6 is 0 Å². The van der Waals surface area contributed by atoms with E-state index in [4.69, 9.17) is 0 Å². The highest BCUT2D eigenvalue weighted by molar-refractivity contribution is 7.87. The van der Waals surface area contributed by atoms with Gasteiger partial charge in [0.25, 0.3) is 10.2 Å². The molecule has 0 saturated carbocycles. The molecule has 0 saturated heterocycles. The zero-order valence-electron chi connectivity index (χ0n) is 11.5. The second-order valence-corrected chi connectivity index (χ2v) is 5.76. The molecule has 0 aliphatic rings. The van der Waals surface area contributed by atoms with Crippen molar-refractivity contribution in [3.8, 4) is 0 Å². The zero-order chi connectivity index (χ0) is 13.8. The van der Waals surface area contributed by atoms with E-state index in [1.165, 1.54) is 4.31 Å². The summed E-state index contributed by atoms with van der Waals surface area (Å²) in [6.07, 6.45) is 1.88. The lowest BCUT2D eigenvalue weighted by atomic mass is 10.3. The highest BCUT2D eigenvalue weighted by Gasteiger charge is 2.18. The molecule has 0 spiro atoms. The van der Waals surface area contributed by atoms with E-state index in [0.29, 0.717) is 13.1 Å². The lowest BCUT2D eigenvalue weighted by Gasteiger charge is -2.18. The average molecular weight is 274 g/mol. The highest BCUT2D eigenvalue weighted by Crippen LogP contribution is 2.07. The first-order valence-electron chi connectivity index (χ1n) is 6.22. The zero-order valence-corrected chi connectivity index (χ0v) is 12.3. The van der Waals surface area contributed by atoms with Crippen molar-refractivity contribution in [3.05, 3.63) is 17.5 Å². The third-order valence-electron chi connectivity index (χ3n) is 2.86. The molecule has 0 amide bonds. The summed E-state index contributed by atoms with van der Waals surface area (Å²) in [6, 6.07) is 0. The van der Waals surface area contributed by atoms with E-state index in [1.54, 1.807) is 4.68 Å². The molecule has 0 radical (unpaired) electrons. The quantitative estimate of drug-likeness (QED) is 0.803. The van der Waals surface area contributed by atoms with Crippen LogP contribution in [0.5, 0.6) is 0 Å². The maximum atomic E-state index is 11.9. The molecule has 18 heavy (non-hydrogen) atoms. The summed E-state index contributed by atoms with van der Waals surface area (Å²) in [5, 5.41) is 4.28. The van der Waals surface area contributed by atoms with Gasteiger partial charge in [-0.3, -0.25) is 4.68 Å². The van der Waals surface area contributed by atoms with Crippen molar-refractivity contribution < 1.29 is 8.42 Å². The van der Waals surface area contributed by atoms with E-state index in [0.717, 1.165) is 17.8 Å².